The van der Waals surface area contributed by atoms with Crippen LogP contribution in [0.25, 0.3) is 0 Å². The van der Waals surface area contributed by atoms with Gasteiger partial charge in [0.2, 0.25) is 5.91 Å². The molecule has 2 aromatic rings. The number of benzene rings is 1. The zero-order chi connectivity index (χ0) is 15.4. The van der Waals surface area contributed by atoms with Crippen molar-refractivity contribution >= 4 is 5.91 Å². The number of carbonyl (C=O) groups is 1. The number of nitrogens with one attached hydrogen (secondary N) is 1. The molecule has 2 rings (SSSR count). The van der Waals surface area contributed by atoms with Crippen LogP contribution in [0.5, 0.6) is 0 Å². The fraction of sp³-hybridized carbons (Fsp3) is 0.438. The van der Waals surface area contributed by atoms with Crippen LogP contribution in [0.2, 0.25) is 0 Å². The summed E-state index contributed by atoms with van der Waals surface area (Å²) >= 11 is 0. The molecule has 0 aliphatic heterocycles. The van der Waals surface area contributed by atoms with Gasteiger partial charge in [-0.05, 0) is 38.8 Å². The molecule has 1 N–H and O–H groups in total. The van der Waals surface area contributed by atoms with Crippen molar-refractivity contribution in [2.45, 2.75) is 46.7 Å². The first-order valence-corrected chi connectivity index (χ1v) is 7.18. The number of aromatic nitrogens is 3. The standard InChI is InChI=1S/C16H22N4O/c1-11(2)20-10-18-19-15(20)9-17-16(21)8-14-7-12(3)5-6-13(14)4/h5-7,10-11H,8-9H2,1-4H3,(H,17,21). The topological polar surface area (TPSA) is 59.8 Å². The van der Waals surface area contributed by atoms with Crippen LogP contribution < -0.4 is 5.32 Å². The van der Waals surface area contributed by atoms with E-state index in [0.29, 0.717) is 13.0 Å². The van der Waals surface area contributed by atoms with Gasteiger partial charge in [0, 0.05) is 6.04 Å². The number of hydrogen-bond acceptors (Lipinski definition) is 3. The van der Waals surface area contributed by atoms with E-state index < -0.39 is 0 Å². The van der Waals surface area contributed by atoms with Gasteiger partial charge >= 0.3 is 0 Å². The molecule has 0 atom stereocenters. The van der Waals surface area contributed by atoms with Crippen molar-refractivity contribution in [2.75, 3.05) is 0 Å². The van der Waals surface area contributed by atoms with Gasteiger partial charge < -0.3 is 9.88 Å². The van der Waals surface area contributed by atoms with Gasteiger partial charge in [-0.3, -0.25) is 4.79 Å². The monoisotopic (exact) mass is 286 g/mol. The zero-order valence-corrected chi connectivity index (χ0v) is 13.1. The van der Waals surface area contributed by atoms with E-state index in [1.807, 2.05) is 24.5 Å². The molecule has 112 valence electrons. The van der Waals surface area contributed by atoms with Gasteiger partial charge in [-0.2, -0.15) is 0 Å². The van der Waals surface area contributed by atoms with E-state index in [1.165, 1.54) is 5.56 Å². The molecule has 0 saturated heterocycles. The molecule has 5 nitrogen and oxygen atoms in total. The summed E-state index contributed by atoms with van der Waals surface area (Å²) in [7, 11) is 0. The molecule has 5 heteroatoms. The third kappa shape index (κ3) is 3.90. The van der Waals surface area contributed by atoms with E-state index in [1.54, 1.807) is 6.33 Å². The van der Waals surface area contributed by atoms with Gasteiger partial charge in [-0.15, -0.1) is 10.2 Å². The van der Waals surface area contributed by atoms with Gasteiger partial charge in [0.05, 0.1) is 13.0 Å². The van der Waals surface area contributed by atoms with Crippen LogP contribution in [0.1, 0.15) is 42.4 Å². The molecular formula is C16H22N4O. The van der Waals surface area contributed by atoms with E-state index in [9.17, 15) is 4.79 Å². The highest BCUT2D eigenvalue weighted by molar-refractivity contribution is 5.78. The molecular weight excluding hydrogens is 264 g/mol. The van der Waals surface area contributed by atoms with Crippen molar-refractivity contribution in [3.63, 3.8) is 0 Å². The lowest BCUT2D eigenvalue weighted by atomic mass is 10.0. The molecule has 1 aromatic carbocycles. The van der Waals surface area contributed by atoms with Crippen molar-refractivity contribution < 1.29 is 4.79 Å². The Balaban J connectivity index is 1.96. The summed E-state index contributed by atoms with van der Waals surface area (Å²) in [4.78, 5) is 12.1. The molecule has 0 unspecified atom stereocenters. The maximum absolute atomic E-state index is 12.1. The fourth-order valence-corrected chi connectivity index (χ4v) is 2.23. The molecule has 1 amide bonds. The smallest absolute Gasteiger partial charge is 0.224 e. The van der Waals surface area contributed by atoms with Gasteiger partial charge in [0.25, 0.3) is 0 Å². The summed E-state index contributed by atoms with van der Waals surface area (Å²) < 4.78 is 1.96. The number of amides is 1. The Morgan fingerprint density at radius 1 is 1.33 bits per heavy atom. The predicted octanol–water partition coefficient (Wildman–Crippen LogP) is 2.33. The van der Waals surface area contributed by atoms with E-state index in [0.717, 1.165) is 17.0 Å². The Kier molecular flexibility index (Phi) is 4.73. The van der Waals surface area contributed by atoms with E-state index in [-0.39, 0.29) is 11.9 Å². The lowest BCUT2D eigenvalue weighted by Gasteiger charge is -2.11. The SMILES string of the molecule is Cc1ccc(C)c(CC(=O)NCc2nncn2C(C)C)c1. The third-order valence-corrected chi connectivity index (χ3v) is 3.50. The van der Waals surface area contributed by atoms with E-state index in [4.69, 9.17) is 0 Å². The second-order valence-corrected chi connectivity index (χ2v) is 5.63. The van der Waals surface area contributed by atoms with Crippen LogP contribution in [0, 0.1) is 13.8 Å². The Morgan fingerprint density at radius 3 is 2.81 bits per heavy atom. The molecule has 0 saturated carbocycles. The number of nitrogens with zero attached hydrogens (tertiary/aromatic N) is 3. The molecule has 0 bridgehead atoms. The lowest BCUT2D eigenvalue weighted by Crippen LogP contribution is -2.26. The Hall–Kier alpha value is -2.17. The first-order chi connectivity index (χ1) is 9.97. The van der Waals surface area contributed by atoms with Crippen LogP contribution in [0.3, 0.4) is 0 Å². The normalized spacial score (nSPS) is 10.9. The van der Waals surface area contributed by atoms with Crippen molar-refractivity contribution in [3.05, 3.63) is 47.0 Å². The largest absolute Gasteiger partial charge is 0.349 e. The first kappa shape index (κ1) is 15.2. The number of carbonyl (C=O) groups excluding carboxylic acids is 1. The average Bonchev–Trinajstić information content (AvgIpc) is 2.89. The first-order valence-electron chi connectivity index (χ1n) is 7.18. The molecule has 0 aliphatic rings. The van der Waals surface area contributed by atoms with Crippen LogP contribution in [0.4, 0.5) is 0 Å². The number of hydrogen-bond donors (Lipinski definition) is 1. The molecule has 0 aliphatic carbocycles. The van der Waals surface area contributed by atoms with Crippen LogP contribution in [-0.2, 0) is 17.8 Å². The molecule has 1 heterocycles. The van der Waals surface area contributed by atoms with Crippen LogP contribution >= 0.6 is 0 Å². The minimum absolute atomic E-state index is 0.00186. The molecule has 21 heavy (non-hydrogen) atoms. The quantitative estimate of drug-likeness (QED) is 0.917. The molecule has 1 aromatic heterocycles. The summed E-state index contributed by atoms with van der Waals surface area (Å²) in [6.07, 6.45) is 2.08. The van der Waals surface area contributed by atoms with Gasteiger partial charge in [-0.25, -0.2) is 0 Å². The van der Waals surface area contributed by atoms with Crippen LogP contribution in [-0.4, -0.2) is 20.7 Å². The minimum atomic E-state index is 0.00186. The molecule has 0 fully saturated rings. The van der Waals surface area contributed by atoms with Crippen molar-refractivity contribution in [3.8, 4) is 0 Å². The van der Waals surface area contributed by atoms with Gasteiger partial charge in [0.1, 0.15) is 6.33 Å². The van der Waals surface area contributed by atoms with E-state index >= 15 is 0 Å². The third-order valence-electron chi connectivity index (χ3n) is 3.50. The van der Waals surface area contributed by atoms with Crippen LogP contribution in [0.15, 0.2) is 24.5 Å². The summed E-state index contributed by atoms with van der Waals surface area (Å²) in [6, 6.07) is 6.45. The van der Waals surface area contributed by atoms with Crippen molar-refractivity contribution in [1.82, 2.24) is 20.1 Å². The Morgan fingerprint density at radius 2 is 2.10 bits per heavy atom. The minimum Gasteiger partial charge on any atom is -0.349 e. The maximum Gasteiger partial charge on any atom is 0.224 e. The highest BCUT2D eigenvalue weighted by Gasteiger charge is 2.10. The van der Waals surface area contributed by atoms with Gasteiger partial charge in [0.15, 0.2) is 5.82 Å². The zero-order valence-electron chi connectivity index (χ0n) is 13.1. The summed E-state index contributed by atoms with van der Waals surface area (Å²) in [5, 5.41) is 10.9. The lowest BCUT2D eigenvalue weighted by molar-refractivity contribution is -0.120. The summed E-state index contributed by atoms with van der Waals surface area (Å²) in [5.41, 5.74) is 3.38. The average molecular weight is 286 g/mol. The van der Waals surface area contributed by atoms with Gasteiger partial charge in [-0.1, -0.05) is 23.8 Å². The predicted molar refractivity (Wildman–Crippen MR) is 81.9 cm³/mol. The van der Waals surface area contributed by atoms with Crippen molar-refractivity contribution in [1.29, 1.82) is 0 Å². The number of aryl methyl sites for hydroxylation is 2. The molecule has 0 radical (unpaired) electrons. The fourth-order valence-electron chi connectivity index (χ4n) is 2.23. The second-order valence-electron chi connectivity index (χ2n) is 5.63. The highest BCUT2D eigenvalue weighted by atomic mass is 16.1. The Bertz CT molecular complexity index is 631. The number of rotatable bonds is 5. The van der Waals surface area contributed by atoms with E-state index in [2.05, 4.69) is 41.5 Å². The van der Waals surface area contributed by atoms with Crippen molar-refractivity contribution in [2.24, 2.45) is 0 Å². The maximum atomic E-state index is 12.1. The summed E-state index contributed by atoms with van der Waals surface area (Å²) in [6.45, 7) is 8.58. The summed E-state index contributed by atoms with van der Waals surface area (Å²) in [5.74, 6) is 0.779. The second kappa shape index (κ2) is 6.52. The molecule has 0 spiro atoms. The Labute approximate surface area is 125 Å². The highest BCUT2D eigenvalue weighted by Crippen LogP contribution is 2.11.